The van der Waals surface area contributed by atoms with E-state index in [0.717, 1.165) is 25.5 Å². The molecule has 2 aliphatic carbocycles. The lowest BCUT2D eigenvalue weighted by Gasteiger charge is -2.53. The van der Waals surface area contributed by atoms with Crippen molar-refractivity contribution >= 4 is 12.1 Å². The van der Waals surface area contributed by atoms with Crippen molar-refractivity contribution in [2.75, 3.05) is 6.61 Å². The van der Waals surface area contributed by atoms with Crippen LogP contribution in [0.1, 0.15) is 46.5 Å². The number of carbonyl (C=O) groups excluding carboxylic acids is 2. The average molecular weight is 264 g/mol. The molecule has 1 aliphatic heterocycles. The minimum atomic E-state index is -0.121. The molecule has 2 saturated carbocycles. The first-order valence-electron chi connectivity index (χ1n) is 7.49. The third kappa shape index (κ3) is 1.89. The highest BCUT2D eigenvalue weighted by molar-refractivity contribution is 5.85. The van der Waals surface area contributed by atoms with Crippen molar-refractivity contribution < 1.29 is 14.3 Å². The number of rotatable bonds is 1. The van der Waals surface area contributed by atoms with Crippen LogP contribution < -0.4 is 0 Å². The Balaban J connectivity index is 2.00. The molecule has 0 N–H and O–H groups in total. The third-order valence-corrected chi connectivity index (χ3v) is 6.18. The van der Waals surface area contributed by atoms with Gasteiger partial charge in [-0.15, -0.1) is 0 Å². The molecule has 0 aromatic rings. The molecular formula is C16H24O3. The van der Waals surface area contributed by atoms with Crippen molar-refractivity contribution in [3.05, 3.63) is 0 Å². The van der Waals surface area contributed by atoms with Crippen molar-refractivity contribution in [3.8, 4) is 0 Å². The predicted molar refractivity (Wildman–Crippen MR) is 71.6 cm³/mol. The lowest BCUT2D eigenvalue weighted by molar-refractivity contribution is -0.173. The van der Waals surface area contributed by atoms with Crippen LogP contribution in [0.15, 0.2) is 0 Å². The number of hydrogen-bond acceptors (Lipinski definition) is 3. The molecule has 3 heteroatoms. The van der Waals surface area contributed by atoms with Gasteiger partial charge in [0.15, 0.2) is 0 Å². The molecule has 3 fully saturated rings. The largest absolute Gasteiger partial charge is 0.375 e. The van der Waals surface area contributed by atoms with E-state index in [9.17, 15) is 9.59 Å². The van der Waals surface area contributed by atoms with Crippen LogP contribution in [-0.2, 0) is 14.3 Å². The van der Waals surface area contributed by atoms with Crippen molar-refractivity contribution in [1.29, 1.82) is 0 Å². The lowest BCUT2D eigenvalue weighted by atomic mass is 9.57. The molecule has 19 heavy (non-hydrogen) atoms. The molecule has 0 spiro atoms. The van der Waals surface area contributed by atoms with Gasteiger partial charge in [-0.1, -0.05) is 6.92 Å². The summed E-state index contributed by atoms with van der Waals surface area (Å²) in [5.41, 5.74) is -0.0927. The van der Waals surface area contributed by atoms with Gasteiger partial charge in [-0.3, -0.25) is 4.79 Å². The number of aldehydes is 1. The van der Waals surface area contributed by atoms with Crippen LogP contribution in [0.2, 0.25) is 0 Å². The van der Waals surface area contributed by atoms with Crippen molar-refractivity contribution in [1.82, 2.24) is 0 Å². The Hall–Kier alpha value is -0.700. The van der Waals surface area contributed by atoms with Gasteiger partial charge in [-0.2, -0.15) is 0 Å². The lowest BCUT2D eigenvalue weighted by Crippen LogP contribution is -2.53. The van der Waals surface area contributed by atoms with Crippen molar-refractivity contribution in [2.45, 2.75) is 52.1 Å². The van der Waals surface area contributed by atoms with Crippen LogP contribution in [0.25, 0.3) is 0 Å². The maximum absolute atomic E-state index is 12.5. The van der Waals surface area contributed by atoms with E-state index in [2.05, 4.69) is 20.8 Å². The summed E-state index contributed by atoms with van der Waals surface area (Å²) in [6.45, 7) is 7.07. The van der Waals surface area contributed by atoms with Gasteiger partial charge in [-0.25, -0.2) is 0 Å². The molecule has 1 heterocycles. The molecule has 0 aromatic heterocycles. The van der Waals surface area contributed by atoms with Gasteiger partial charge in [0.2, 0.25) is 0 Å². The van der Waals surface area contributed by atoms with Crippen LogP contribution in [0.3, 0.4) is 0 Å². The molecule has 3 rings (SSSR count). The standard InChI is InChI=1S/C16H24O3/c1-15(2)13-4-5-16(3)7-11(13)12(9-19-15)14(18)6-10(16)8-17/h8,10-13H,4-7,9H2,1-3H3/t10-,11+,12?,13+,16-/m0/s1. The SMILES string of the molecule is CC1(C)OCC2C(=O)C[C@@H](C=O)[C@@]3(C)CC[C@@H]1[C@@H]2C3. The molecule has 0 radical (unpaired) electrons. The Morgan fingerprint density at radius 2 is 2.05 bits per heavy atom. The normalized spacial score (nSPS) is 48.5. The summed E-state index contributed by atoms with van der Waals surface area (Å²) in [4.78, 5) is 23.9. The van der Waals surface area contributed by atoms with E-state index in [1.807, 2.05) is 0 Å². The number of carbonyl (C=O) groups is 2. The molecular weight excluding hydrogens is 240 g/mol. The molecule has 3 aliphatic rings. The summed E-state index contributed by atoms with van der Waals surface area (Å²) >= 11 is 0. The van der Waals surface area contributed by atoms with Crippen LogP contribution in [0, 0.1) is 29.1 Å². The second-order valence-corrected chi connectivity index (χ2v) is 7.60. The van der Waals surface area contributed by atoms with E-state index in [1.54, 1.807) is 0 Å². The number of fused-ring (bicyclic) bond motifs is 1. The Labute approximate surface area is 115 Å². The fourth-order valence-electron chi connectivity index (χ4n) is 4.80. The van der Waals surface area contributed by atoms with Crippen LogP contribution in [0.4, 0.5) is 0 Å². The van der Waals surface area contributed by atoms with Gasteiger partial charge in [0.05, 0.1) is 12.2 Å². The zero-order valence-corrected chi connectivity index (χ0v) is 12.1. The highest BCUT2D eigenvalue weighted by Crippen LogP contribution is 2.57. The van der Waals surface area contributed by atoms with Crippen LogP contribution in [-0.4, -0.2) is 24.3 Å². The molecule has 3 nitrogen and oxygen atoms in total. The van der Waals surface area contributed by atoms with Gasteiger partial charge in [0.25, 0.3) is 0 Å². The summed E-state index contributed by atoms with van der Waals surface area (Å²) in [6, 6.07) is 0. The third-order valence-electron chi connectivity index (χ3n) is 6.18. The van der Waals surface area contributed by atoms with E-state index < -0.39 is 0 Å². The van der Waals surface area contributed by atoms with Gasteiger partial charge in [0.1, 0.15) is 12.1 Å². The Morgan fingerprint density at radius 3 is 2.74 bits per heavy atom. The first-order valence-corrected chi connectivity index (χ1v) is 7.49. The van der Waals surface area contributed by atoms with E-state index in [0.29, 0.717) is 24.9 Å². The van der Waals surface area contributed by atoms with Gasteiger partial charge >= 0.3 is 0 Å². The number of ether oxygens (including phenoxy) is 1. The molecule has 2 bridgehead atoms. The second-order valence-electron chi connectivity index (χ2n) is 7.60. The molecule has 1 saturated heterocycles. The molecule has 0 amide bonds. The van der Waals surface area contributed by atoms with Gasteiger partial charge in [0, 0.05) is 18.3 Å². The first-order chi connectivity index (χ1) is 8.87. The van der Waals surface area contributed by atoms with Crippen LogP contribution >= 0.6 is 0 Å². The Morgan fingerprint density at radius 1 is 1.32 bits per heavy atom. The number of Topliss-reactive ketones (excluding diaryl/α,β-unsaturated/α-hetero) is 1. The highest BCUT2D eigenvalue weighted by atomic mass is 16.5. The Kier molecular flexibility index (Phi) is 2.90. The number of hydrogen-bond donors (Lipinski definition) is 0. The predicted octanol–water partition coefficient (Wildman–Crippen LogP) is 2.62. The molecule has 0 aromatic carbocycles. The monoisotopic (exact) mass is 264 g/mol. The summed E-state index contributed by atoms with van der Waals surface area (Å²) < 4.78 is 5.98. The van der Waals surface area contributed by atoms with Crippen LogP contribution in [0.5, 0.6) is 0 Å². The van der Waals surface area contributed by atoms with E-state index in [-0.39, 0.29) is 28.6 Å². The number of ketones is 1. The van der Waals surface area contributed by atoms with Gasteiger partial charge < -0.3 is 9.53 Å². The van der Waals surface area contributed by atoms with E-state index >= 15 is 0 Å². The second kappa shape index (κ2) is 4.15. The molecule has 1 unspecified atom stereocenters. The maximum atomic E-state index is 12.5. The zero-order valence-electron chi connectivity index (χ0n) is 12.1. The summed E-state index contributed by atoms with van der Waals surface area (Å²) in [6.07, 6.45) is 4.61. The van der Waals surface area contributed by atoms with E-state index in [4.69, 9.17) is 4.74 Å². The fourth-order valence-corrected chi connectivity index (χ4v) is 4.80. The zero-order chi connectivity index (χ0) is 13.8. The van der Waals surface area contributed by atoms with Gasteiger partial charge in [-0.05, 0) is 50.4 Å². The average Bonchev–Trinajstić information content (AvgIpc) is 2.42. The quantitative estimate of drug-likeness (QED) is 0.684. The summed E-state index contributed by atoms with van der Waals surface area (Å²) in [5, 5.41) is 0. The first kappa shape index (κ1) is 13.3. The highest BCUT2D eigenvalue weighted by Gasteiger charge is 2.56. The minimum Gasteiger partial charge on any atom is -0.375 e. The Bertz CT molecular complexity index is 414. The van der Waals surface area contributed by atoms with Crippen molar-refractivity contribution in [3.63, 3.8) is 0 Å². The topological polar surface area (TPSA) is 43.4 Å². The van der Waals surface area contributed by atoms with Crippen molar-refractivity contribution in [2.24, 2.45) is 29.1 Å². The summed E-state index contributed by atoms with van der Waals surface area (Å²) in [7, 11) is 0. The molecule has 5 atom stereocenters. The van der Waals surface area contributed by atoms with E-state index in [1.165, 1.54) is 0 Å². The fraction of sp³-hybridized carbons (Fsp3) is 0.875. The summed E-state index contributed by atoms with van der Waals surface area (Å²) in [5.74, 6) is 1.08. The minimum absolute atomic E-state index is 0.0285. The maximum Gasteiger partial charge on any atom is 0.139 e. The molecule has 106 valence electrons. The smallest absolute Gasteiger partial charge is 0.139 e.